The zero-order chi connectivity index (χ0) is 18.5. The van der Waals surface area contributed by atoms with Crippen molar-refractivity contribution >= 4 is 17.2 Å². The molecule has 27 heavy (non-hydrogen) atoms. The molecule has 0 radical (unpaired) electrons. The molecule has 0 fully saturated rings. The van der Waals surface area contributed by atoms with Crippen LogP contribution in [0.15, 0.2) is 48.7 Å². The van der Waals surface area contributed by atoms with Crippen LogP contribution >= 0.6 is 11.3 Å². The first-order valence-corrected chi connectivity index (χ1v) is 10.0. The van der Waals surface area contributed by atoms with Crippen LogP contribution in [0.2, 0.25) is 0 Å². The fourth-order valence-electron chi connectivity index (χ4n) is 3.14. The van der Waals surface area contributed by atoms with Crippen molar-refractivity contribution in [1.82, 2.24) is 15.3 Å². The summed E-state index contributed by atoms with van der Waals surface area (Å²) in [4.78, 5) is 23.0. The van der Waals surface area contributed by atoms with Gasteiger partial charge in [0.15, 0.2) is 0 Å². The van der Waals surface area contributed by atoms with Crippen LogP contribution in [-0.2, 0) is 19.3 Å². The van der Waals surface area contributed by atoms with Crippen LogP contribution in [0.25, 0.3) is 0 Å². The molecule has 1 amide bonds. The lowest BCUT2D eigenvalue weighted by molar-refractivity contribution is 0.0951. The minimum absolute atomic E-state index is 0.185. The number of hydrogen-bond donors (Lipinski definition) is 1. The molecule has 3 aromatic rings. The minimum Gasteiger partial charge on any atom is -0.438 e. The van der Waals surface area contributed by atoms with E-state index in [1.54, 1.807) is 29.7 Å². The number of pyridine rings is 1. The Kier molecular flexibility index (Phi) is 5.44. The van der Waals surface area contributed by atoms with E-state index < -0.39 is 0 Å². The molecule has 1 aliphatic rings. The van der Waals surface area contributed by atoms with E-state index in [-0.39, 0.29) is 5.91 Å². The molecule has 0 spiro atoms. The summed E-state index contributed by atoms with van der Waals surface area (Å²) in [5, 5.41) is 4.07. The highest BCUT2D eigenvalue weighted by molar-refractivity contribution is 7.11. The smallest absolute Gasteiger partial charge is 0.256 e. The van der Waals surface area contributed by atoms with Gasteiger partial charge in [-0.3, -0.25) is 4.79 Å². The maximum atomic E-state index is 12.6. The monoisotopic (exact) mass is 379 g/mol. The Morgan fingerprint density at radius 3 is 2.81 bits per heavy atom. The Morgan fingerprint density at radius 1 is 1.11 bits per heavy atom. The molecule has 2 heterocycles. The Morgan fingerprint density at radius 2 is 1.96 bits per heavy atom. The van der Waals surface area contributed by atoms with Crippen molar-refractivity contribution in [3.05, 3.63) is 69.8 Å². The number of fused-ring (bicyclic) bond motifs is 1. The van der Waals surface area contributed by atoms with Crippen LogP contribution < -0.4 is 10.1 Å². The summed E-state index contributed by atoms with van der Waals surface area (Å²) in [6, 6.07) is 12.8. The summed E-state index contributed by atoms with van der Waals surface area (Å²) in [6.45, 7) is 0.547. The number of amides is 1. The number of hydrogen-bond acceptors (Lipinski definition) is 5. The highest BCUT2D eigenvalue weighted by Gasteiger charge is 2.16. The first-order chi connectivity index (χ1) is 13.3. The number of thiazole rings is 1. The van der Waals surface area contributed by atoms with Crippen LogP contribution in [0.5, 0.6) is 11.6 Å². The Bertz CT molecular complexity index is 901. The maximum absolute atomic E-state index is 12.6. The second-order valence-electron chi connectivity index (χ2n) is 6.46. The van der Waals surface area contributed by atoms with E-state index in [9.17, 15) is 4.79 Å². The van der Waals surface area contributed by atoms with Crippen LogP contribution in [0, 0.1) is 0 Å². The molecule has 0 bridgehead atoms. The molecule has 138 valence electrons. The van der Waals surface area contributed by atoms with Gasteiger partial charge in [-0.05, 0) is 49.9 Å². The minimum atomic E-state index is -0.185. The number of aromatic nitrogens is 2. The van der Waals surface area contributed by atoms with E-state index in [4.69, 9.17) is 9.72 Å². The Balaban J connectivity index is 1.37. The second kappa shape index (κ2) is 8.31. The molecule has 4 rings (SSSR count). The largest absolute Gasteiger partial charge is 0.438 e. The molecule has 0 atom stereocenters. The summed E-state index contributed by atoms with van der Waals surface area (Å²) in [5.41, 5.74) is 1.69. The van der Waals surface area contributed by atoms with Gasteiger partial charge in [0, 0.05) is 24.0 Å². The fourth-order valence-corrected chi connectivity index (χ4v) is 4.29. The standard InChI is InChI=1S/C21H21N3O2S/c25-20(22-14-12-19-24-17-10-4-5-11-18(17)27-19)16-9-6-13-23-21(16)26-15-7-2-1-3-8-15/h1-3,6-9,13H,4-5,10-12,14H2,(H,22,25). The highest BCUT2D eigenvalue weighted by atomic mass is 32.1. The zero-order valence-electron chi connectivity index (χ0n) is 15.0. The van der Waals surface area contributed by atoms with Crippen LogP contribution in [-0.4, -0.2) is 22.4 Å². The van der Waals surface area contributed by atoms with E-state index in [0.29, 0.717) is 23.7 Å². The van der Waals surface area contributed by atoms with Gasteiger partial charge in [-0.25, -0.2) is 9.97 Å². The molecular formula is C21H21N3O2S. The van der Waals surface area contributed by atoms with E-state index in [0.717, 1.165) is 24.3 Å². The maximum Gasteiger partial charge on any atom is 0.256 e. The lowest BCUT2D eigenvalue weighted by atomic mass is 10.0. The number of benzene rings is 1. The van der Waals surface area contributed by atoms with Crippen molar-refractivity contribution in [2.45, 2.75) is 32.1 Å². The third-order valence-electron chi connectivity index (χ3n) is 4.49. The quantitative estimate of drug-likeness (QED) is 0.698. The molecule has 1 N–H and O–H groups in total. The number of carbonyl (C=O) groups excluding carboxylic acids is 1. The van der Waals surface area contributed by atoms with Gasteiger partial charge >= 0.3 is 0 Å². The lowest BCUT2D eigenvalue weighted by Gasteiger charge is -2.10. The van der Waals surface area contributed by atoms with Crippen molar-refractivity contribution in [1.29, 1.82) is 0 Å². The van der Waals surface area contributed by atoms with Gasteiger partial charge in [0.05, 0.1) is 10.7 Å². The predicted molar refractivity (Wildman–Crippen MR) is 106 cm³/mol. The van der Waals surface area contributed by atoms with Gasteiger partial charge in [0.25, 0.3) is 5.91 Å². The molecule has 1 aromatic carbocycles. The number of rotatable bonds is 6. The highest BCUT2D eigenvalue weighted by Crippen LogP contribution is 2.27. The van der Waals surface area contributed by atoms with Gasteiger partial charge < -0.3 is 10.1 Å². The molecule has 0 unspecified atom stereocenters. The van der Waals surface area contributed by atoms with Crippen molar-refractivity contribution in [2.75, 3.05) is 6.54 Å². The van der Waals surface area contributed by atoms with E-state index in [1.165, 1.54) is 23.4 Å². The summed E-state index contributed by atoms with van der Waals surface area (Å²) in [6.07, 6.45) is 7.10. The molecule has 2 aromatic heterocycles. The molecule has 1 aliphatic carbocycles. The molecule has 0 saturated heterocycles. The third-order valence-corrected chi connectivity index (χ3v) is 5.71. The Hall–Kier alpha value is -2.73. The normalized spacial score (nSPS) is 13.0. The number of ether oxygens (including phenoxy) is 1. The summed E-state index contributed by atoms with van der Waals surface area (Å²) in [5.74, 6) is 0.778. The first-order valence-electron chi connectivity index (χ1n) is 9.23. The van der Waals surface area contributed by atoms with E-state index >= 15 is 0 Å². The lowest BCUT2D eigenvalue weighted by Crippen LogP contribution is -2.26. The second-order valence-corrected chi connectivity index (χ2v) is 7.63. The number of aryl methyl sites for hydroxylation is 2. The fraction of sp³-hybridized carbons (Fsp3) is 0.286. The van der Waals surface area contributed by atoms with Gasteiger partial charge in [-0.2, -0.15) is 0 Å². The van der Waals surface area contributed by atoms with Crippen molar-refractivity contribution in [3.63, 3.8) is 0 Å². The topological polar surface area (TPSA) is 64.1 Å². The third kappa shape index (κ3) is 4.34. The van der Waals surface area contributed by atoms with E-state index in [2.05, 4.69) is 10.3 Å². The van der Waals surface area contributed by atoms with Crippen molar-refractivity contribution in [3.8, 4) is 11.6 Å². The van der Waals surface area contributed by atoms with Gasteiger partial charge in [0.1, 0.15) is 11.3 Å². The molecule has 5 nitrogen and oxygen atoms in total. The van der Waals surface area contributed by atoms with Crippen LogP contribution in [0.4, 0.5) is 0 Å². The molecule has 6 heteroatoms. The summed E-state index contributed by atoms with van der Waals surface area (Å²) in [7, 11) is 0. The number of carbonyl (C=O) groups is 1. The van der Waals surface area contributed by atoms with Gasteiger partial charge in [-0.1, -0.05) is 18.2 Å². The van der Waals surface area contributed by atoms with Crippen molar-refractivity contribution in [2.24, 2.45) is 0 Å². The molecular weight excluding hydrogens is 358 g/mol. The average Bonchev–Trinajstić information content (AvgIpc) is 3.12. The predicted octanol–water partition coefficient (Wildman–Crippen LogP) is 4.18. The van der Waals surface area contributed by atoms with Gasteiger partial charge in [-0.15, -0.1) is 11.3 Å². The number of para-hydroxylation sites is 1. The average molecular weight is 379 g/mol. The SMILES string of the molecule is O=C(NCCc1nc2c(s1)CCCC2)c1cccnc1Oc1ccccc1. The van der Waals surface area contributed by atoms with Gasteiger partial charge in [0.2, 0.25) is 5.88 Å². The summed E-state index contributed by atoms with van der Waals surface area (Å²) < 4.78 is 5.77. The number of nitrogens with one attached hydrogen (secondary N) is 1. The van der Waals surface area contributed by atoms with Crippen LogP contribution in [0.1, 0.15) is 38.8 Å². The van der Waals surface area contributed by atoms with E-state index in [1.807, 2.05) is 30.3 Å². The molecule has 0 aliphatic heterocycles. The van der Waals surface area contributed by atoms with Crippen LogP contribution in [0.3, 0.4) is 0 Å². The zero-order valence-corrected chi connectivity index (χ0v) is 15.8. The van der Waals surface area contributed by atoms with Crippen molar-refractivity contribution < 1.29 is 9.53 Å². The first kappa shape index (κ1) is 17.7. The molecule has 0 saturated carbocycles. The Labute approximate surface area is 162 Å². The number of nitrogens with zero attached hydrogens (tertiary/aromatic N) is 2. The summed E-state index contributed by atoms with van der Waals surface area (Å²) >= 11 is 1.79.